The molecule has 2 aromatic rings. The zero-order valence-corrected chi connectivity index (χ0v) is 12.2. The van der Waals surface area contributed by atoms with Gasteiger partial charge < -0.3 is 10.2 Å². The molecule has 1 aliphatic carbocycles. The molecule has 22 heavy (non-hydrogen) atoms. The van der Waals surface area contributed by atoms with Crippen LogP contribution in [0.1, 0.15) is 29.8 Å². The zero-order chi connectivity index (χ0) is 15.4. The maximum absolute atomic E-state index is 11.8. The number of nitrogens with one attached hydrogen (secondary N) is 1. The van der Waals surface area contributed by atoms with Crippen molar-refractivity contribution in [1.29, 1.82) is 0 Å². The Hall–Kier alpha value is -2.70. The molecule has 0 radical (unpaired) electrons. The summed E-state index contributed by atoms with van der Waals surface area (Å²) in [7, 11) is 0. The largest absolute Gasteiger partial charge is 0.385 e. The van der Waals surface area contributed by atoms with E-state index in [0.717, 1.165) is 36.2 Å². The molecule has 1 N–H and O–H groups in total. The molecule has 1 aromatic heterocycles. The lowest BCUT2D eigenvalue weighted by atomic mass is 9.99. The summed E-state index contributed by atoms with van der Waals surface area (Å²) in [5, 5.41) is 14.4. The second-order valence-electron chi connectivity index (χ2n) is 5.14. The molecule has 1 aliphatic rings. The van der Waals surface area contributed by atoms with Gasteiger partial charge in [-0.1, -0.05) is 28.0 Å². The molecule has 0 fully saturated rings. The van der Waals surface area contributed by atoms with E-state index in [1.54, 1.807) is 0 Å². The van der Waals surface area contributed by atoms with Crippen LogP contribution in [-0.2, 0) is 16.1 Å². The number of hydrogen-bond donors (Lipinski definition) is 1. The lowest BCUT2D eigenvalue weighted by Gasteiger charge is -2.09. The van der Waals surface area contributed by atoms with Crippen LogP contribution in [0.15, 0.2) is 34.1 Å². The van der Waals surface area contributed by atoms with E-state index in [2.05, 4.69) is 20.8 Å². The summed E-state index contributed by atoms with van der Waals surface area (Å²) in [5.41, 5.74) is 3.95. The molecule has 0 spiro atoms. The number of carbonyl (C=O) groups excluding carboxylic acids is 1. The van der Waals surface area contributed by atoms with Crippen molar-refractivity contribution in [2.24, 2.45) is 5.16 Å². The summed E-state index contributed by atoms with van der Waals surface area (Å²) in [4.78, 5) is 16.9. The highest BCUT2D eigenvalue weighted by atomic mass is 16.6. The van der Waals surface area contributed by atoms with Gasteiger partial charge in [0.15, 0.2) is 12.3 Å². The average molecular weight is 300 g/mol. The summed E-state index contributed by atoms with van der Waals surface area (Å²) in [6, 6.07) is 7.54. The van der Waals surface area contributed by atoms with Crippen LogP contribution in [-0.4, -0.2) is 28.5 Å². The zero-order valence-electron chi connectivity index (χ0n) is 12.2. The van der Waals surface area contributed by atoms with Crippen LogP contribution >= 0.6 is 0 Å². The SMILES string of the molecule is Cc1ccc(NC(=O)CO/N=C2\CCCc3nonc32)cc1. The quantitative estimate of drug-likeness (QED) is 0.873. The maximum Gasteiger partial charge on any atom is 0.265 e. The van der Waals surface area contributed by atoms with Gasteiger partial charge in [0.25, 0.3) is 5.91 Å². The lowest BCUT2D eigenvalue weighted by Crippen LogP contribution is -2.18. The number of hydrogen-bond acceptors (Lipinski definition) is 6. The van der Waals surface area contributed by atoms with Crippen LogP contribution < -0.4 is 5.32 Å². The Labute approximate surface area is 127 Å². The summed E-state index contributed by atoms with van der Waals surface area (Å²) in [6.07, 6.45) is 2.48. The topological polar surface area (TPSA) is 89.6 Å². The van der Waals surface area contributed by atoms with Gasteiger partial charge in [0, 0.05) is 5.69 Å². The fraction of sp³-hybridized carbons (Fsp3) is 0.333. The first-order valence-electron chi connectivity index (χ1n) is 7.09. The first kappa shape index (κ1) is 14.2. The number of fused-ring (bicyclic) bond motifs is 1. The Morgan fingerprint density at radius 1 is 1.32 bits per heavy atom. The second kappa shape index (κ2) is 6.38. The van der Waals surface area contributed by atoms with Crippen molar-refractivity contribution in [1.82, 2.24) is 10.3 Å². The van der Waals surface area contributed by atoms with E-state index >= 15 is 0 Å². The first-order chi connectivity index (χ1) is 10.7. The maximum atomic E-state index is 11.8. The minimum absolute atomic E-state index is 0.155. The number of carbonyl (C=O) groups is 1. The molecule has 0 atom stereocenters. The van der Waals surface area contributed by atoms with Crippen LogP contribution in [0.2, 0.25) is 0 Å². The van der Waals surface area contributed by atoms with Gasteiger partial charge in [0.1, 0.15) is 11.4 Å². The Kier molecular flexibility index (Phi) is 4.13. The van der Waals surface area contributed by atoms with E-state index in [1.165, 1.54) is 0 Å². The predicted octanol–water partition coefficient (Wildman–Crippen LogP) is 2.07. The molecule has 7 nitrogen and oxygen atoms in total. The molecular formula is C15H16N4O3. The van der Waals surface area contributed by atoms with Gasteiger partial charge >= 0.3 is 0 Å². The summed E-state index contributed by atoms with van der Waals surface area (Å²) in [5.74, 6) is -0.262. The van der Waals surface area contributed by atoms with Gasteiger partial charge in [-0.05, 0) is 43.5 Å². The third-order valence-corrected chi connectivity index (χ3v) is 3.36. The third-order valence-electron chi connectivity index (χ3n) is 3.36. The number of aryl methyl sites for hydroxylation is 2. The van der Waals surface area contributed by atoms with E-state index in [9.17, 15) is 4.79 Å². The highest BCUT2D eigenvalue weighted by molar-refractivity contribution is 6.00. The fourth-order valence-corrected chi connectivity index (χ4v) is 2.22. The molecule has 114 valence electrons. The van der Waals surface area contributed by atoms with E-state index < -0.39 is 0 Å². The number of aromatic nitrogens is 2. The number of anilines is 1. The van der Waals surface area contributed by atoms with Crippen LogP contribution in [0.4, 0.5) is 5.69 Å². The van der Waals surface area contributed by atoms with Crippen molar-refractivity contribution >= 4 is 17.3 Å². The third kappa shape index (κ3) is 3.30. The molecule has 1 aromatic carbocycles. The van der Waals surface area contributed by atoms with Gasteiger partial charge in [0.2, 0.25) is 0 Å². The molecule has 0 unspecified atom stereocenters. The molecule has 1 heterocycles. The molecular weight excluding hydrogens is 284 g/mol. The van der Waals surface area contributed by atoms with Crippen molar-refractivity contribution in [3.63, 3.8) is 0 Å². The molecule has 0 bridgehead atoms. The highest BCUT2D eigenvalue weighted by Gasteiger charge is 2.21. The van der Waals surface area contributed by atoms with Crippen molar-refractivity contribution in [2.75, 3.05) is 11.9 Å². The Morgan fingerprint density at radius 2 is 2.14 bits per heavy atom. The average Bonchev–Trinajstić information content (AvgIpc) is 2.99. The highest BCUT2D eigenvalue weighted by Crippen LogP contribution is 2.18. The fourth-order valence-electron chi connectivity index (χ4n) is 2.22. The molecule has 0 saturated carbocycles. The molecule has 3 rings (SSSR count). The normalized spacial score (nSPS) is 15.4. The number of rotatable bonds is 4. The summed E-state index contributed by atoms with van der Waals surface area (Å²) >= 11 is 0. The van der Waals surface area contributed by atoms with Crippen LogP contribution in [0.25, 0.3) is 0 Å². The summed E-state index contributed by atoms with van der Waals surface area (Å²) in [6.45, 7) is 1.83. The minimum atomic E-state index is -0.262. The molecule has 7 heteroatoms. The van der Waals surface area contributed by atoms with Crippen molar-refractivity contribution in [3.8, 4) is 0 Å². The number of oxime groups is 1. The second-order valence-corrected chi connectivity index (χ2v) is 5.14. The van der Waals surface area contributed by atoms with Crippen molar-refractivity contribution in [2.45, 2.75) is 26.2 Å². The number of benzene rings is 1. The van der Waals surface area contributed by atoms with Crippen molar-refractivity contribution in [3.05, 3.63) is 41.2 Å². The van der Waals surface area contributed by atoms with Crippen LogP contribution in [0.3, 0.4) is 0 Å². The number of nitrogens with zero attached hydrogens (tertiary/aromatic N) is 3. The van der Waals surface area contributed by atoms with Gasteiger partial charge in [-0.15, -0.1) is 0 Å². The van der Waals surface area contributed by atoms with Crippen molar-refractivity contribution < 1.29 is 14.3 Å². The standard InChI is InChI=1S/C15H16N4O3/c1-10-5-7-11(8-6-10)16-14(20)9-21-17-12-3-2-4-13-15(12)19-22-18-13/h5-8H,2-4,9H2,1H3,(H,16,20)/b17-12+. The van der Waals surface area contributed by atoms with Gasteiger partial charge in [-0.2, -0.15) is 0 Å². The first-order valence-corrected chi connectivity index (χ1v) is 7.09. The summed E-state index contributed by atoms with van der Waals surface area (Å²) < 4.78 is 4.70. The molecule has 1 amide bonds. The van der Waals surface area contributed by atoms with E-state index in [0.29, 0.717) is 11.4 Å². The van der Waals surface area contributed by atoms with Gasteiger partial charge in [-0.25, -0.2) is 4.63 Å². The Bertz CT molecular complexity index is 691. The van der Waals surface area contributed by atoms with E-state index in [4.69, 9.17) is 9.47 Å². The van der Waals surface area contributed by atoms with E-state index in [1.807, 2.05) is 31.2 Å². The Balaban J connectivity index is 1.54. The Morgan fingerprint density at radius 3 is 2.95 bits per heavy atom. The minimum Gasteiger partial charge on any atom is -0.385 e. The van der Waals surface area contributed by atoms with Crippen LogP contribution in [0, 0.1) is 6.92 Å². The van der Waals surface area contributed by atoms with Gasteiger partial charge in [0.05, 0.1) is 0 Å². The van der Waals surface area contributed by atoms with Gasteiger partial charge in [-0.3, -0.25) is 4.79 Å². The molecule has 0 aliphatic heterocycles. The predicted molar refractivity (Wildman–Crippen MR) is 79.5 cm³/mol. The van der Waals surface area contributed by atoms with E-state index in [-0.39, 0.29) is 12.5 Å². The smallest absolute Gasteiger partial charge is 0.265 e. The van der Waals surface area contributed by atoms with Crippen LogP contribution in [0.5, 0.6) is 0 Å². The molecule has 0 saturated heterocycles. The lowest BCUT2D eigenvalue weighted by molar-refractivity contribution is -0.120. The monoisotopic (exact) mass is 300 g/mol. The number of amides is 1.